The van der Waals surface area contributed by atoms with Gasteiger partial charge in [0, 0.05) is 18.3 Å². The van der Waals surface area contributed by atoms with Crippen LogP contribution >= 0.6 is 0 Å². The van der Waals surface area contributed by atoms with Gasteiger partial charge in [0.1, 0.15) is 0 Å². The molecule has 2 N–H and O–H groups in total. The topological polar surface area (TPSA) is 101 Å². The number of sulfone groups is 1. The van der Waals surface area contributed by atoms with Gasteiger partial charge in [0.2, 0.25) is 11.9 Å². The summed E-state index contributed by atoms with van der Waals surface area (Å²) in [6.45, 7) is 3.83. The fourth-order valence-electron chi connectivity index (χ4n) is 3.97. The van der Waals surface area contributed by atoms with Crippen LogP contribution in [0.2, 0.25) is 0 Å². The monoisotopic (exact) mass is 464 g/mol. The average molecular weight is 465 g/mol. The van der Waals surface area contributed by atoms with Gasteiger partial charge in [-0.05, 0) is 67.5 Å². The molecule has 0 spiro atoms. The number of carbonyl (C=O) groups is 1. The first kappa shape index (κ1) is 22.9. The highest BCUT2D eigenvalue weighted by molar-refractivity contribution is 7.91. The molecule has 33 heavy (non-hydrogen) atoms. The molecule has 0 fully saturated rings. The Morgan fingerprint density at radius 3 is 2.73 bits per heavy atom. The van der Waals surface area contributed by atoms with E-state index in [9.17, 15) is 13.2 Å². The number of para-hydroxylation sites is 1. The second kappa shape index (κ2) is 9.70. The number of aryl methyl sites for hydroxylation is 4. The summed E-state index contributed by atoms with van der Waals surface area (Å²) < 4.78 is 24.8. The van der Waals surface area contributed by atoms with Crippen LogP contribution in [0.1, 0.15) is 42.1 Å². The van der Waals surface area contributed by atoms with Gasteiger partial charge in [-0.15, -0.1) is 0 Å². The van der Waals surface area contributed by atoms with Crippen LogP contribution in [0.25, 0.3) is 0 Å². The largest absolute Gasteiger partial charge is 0.324 e. The molecule has 0 aliphatic carbocycles. The Hall–Kier alpha value is -3.26. The molecular weight excluding hydrogens is 436 g/mol. The van der Waals surface area contributed by atoms with Gasteiger partial charge in [-0.2, -0.15) is 0 Å². The molecule has 172 valence electrons. The van der Waals surface area contributed by atoms with Gasteiger partial charge >= 0.3 is 0 Å². The number of nitrogens with zero attached hydrogens (tertiary/aromatic N) is 2. The van der Waals surface area contributed by atoms with Crippen molar-refractivity contribution in [2.75, 3.05) is 16.4 Å². The molecule has 1 aliphatic heterocycles. The summed E-state index contributed by atoms with van der Waals surface area (Å²) in [4.78, 5) is 21.3. The van der Waals surface area contributed by atoms with Crippen LogP contribution in [0, 0.1) is 6.92 Å². The van der Waals surface area contributed by atoms with Crippen molar-refractivity contribution in [1.82, 2.24) is 9.97 Å². The summed E-state index contributed by atoms with van der Waals surface area (Å²) in [5.41, 5.74) is 5.46. The fraction of sp³-hybridized carbons (Fsp3) is 0.320. The van der Waals surface area contributed by atoms with Gasteiger partial charge in [-0.1, -0.05) is 31.2 Å². The summed E-state index contributed by atoms with van der Waals surface area (Å²) in [7, 11) is -3.24. The van der Waals surface area contributed by atoms with Crippen LogP contribution in [-0.2, 0) is 33.9 Å². The lowest BCUT2D eigenvalue weighted by molar-refractivity contribution is -0.116. The first-order chi connectivity index (χ1) is 15.9. The number of fused-ring (bicyclic) bond motifs is 1. The Labute approximate surface area is 194 Å². The summed E-state index contributed by atoms with van der Waals surface area (Å²) in [6, 6.07) is 13.0. The predicted octanol–water partition coefficient (Wildman–Crippen LogP) is 4.38. The van der Waals surface area contributed by atoms with Crippen LogP contribution in [0.15, 0.2) is 53.6 Å². The Balaban J connectivity index is 1.51. The molecule has 2 heterocycles. The van der Waals surface area contributed by atoms with E-state index in [1.54, 1.807) is 24.4 Å². The van der Waals surface area contributed by atoms with E-state index in [0.717, 1.165) is 33.8 Å². The second-order valence-corrected chi connectivity index (χ2v) is 10.4. The van der Waals surface area contributed by atoms with Crippen LogP contribution in [0.4, 0.5) is 17.3 Å². The third-order valence-corrected chi connectivity index (χ3v) is 7.66. The van der Waals surface area contributed by atoms with Crippen molar-refractivity contribution < 1.29 is 13.2 Å². The Morgan fingerprint density at radius 1 is 1.09 bits per heavy atom. The van der Waals surface area contributed by atoms with Crippen molar-refractivity contribution in [1.29, 1.82) is 0 Å². The Morgan fingerprint density at radius 2 is 1.91 bits per heavy atom. The normalized spacial score (nSPS) is 13.3. The van der Waals surface area contributed by atoms with Gasteiger partial charge in [-0.25, -0.2) is 18.4 Å². The van der Waals surface area contributed by atoms with Crippen molar-refractivity contribution in [3.05, 3.63) is 71.0 Å². The number of anilines is 3. The lowest BCUT2D eigenvalue weighted by Crippen LogP contribution is -2.20. The van der Waals surface area contributed by atoms with E-state index in [0.29, 0.717) is 42.9 Å². The number of aromatic nitrogens is 2. The van der Waals surface area contributed by atoms with E-state index in [-0.39, 0.29) is 11.7 Å². The molecule has 3 aromatic rings. The molecule has 1 aromatic heterocycles. The molecule has 0 atom stereocenters. The summed E-state index contributed by atoms with van der Waals surface area (Å²) in [5.74, 6) is 0.619. The van der Waals surface area contributed by atoms with Crippen molar-refractivity contribution in [2.45, 2.75) is 50.8 Å². The van der Waals surface area contributed by atoms with Crippen LogP contribution in [0.3, 0.4) is 0 Å². The van der Waals surface area contributed by atoms with Crippen molar-refractivity contribution in [3.8, 4) is 0 Å². The highest BCUT2D eigenvalue weighted by Gasteiger charge is 2.18. The lowest BCUT2D eigenvalue weighted by atomic mass is 10.0. The molecule has 1 aliphatic rings. The average Bonchev–Trinajstić information content (AvgIpc) is 2.80. The quantitative estimate of drug-likeness (QED) is 0.513. The first-order valence-corrected chi connectivity index (χ1v) is 12.8. The minimum atomic E-state index is -3.24. The number of carbonyl (C=O) groups excluding carboxylic acids is 1. The van der Waals surface area contributed by atoms with E-state index in [2.05, 4.69) is 15.6 Å². The van der Waals surface area contributed by atoms with E-state index in [1.807, 2.05) is 38.1 Å². The van der Waals surface area contributed by atoms with E-state index < -0.39 is 9.84 Å². The van der Waals surface area contributed by atoms with Crippen LogP contribution < -0.4 is 10.6 Å². The summed E-state index contributed by atoms with van der Waals surface area (Å²) in [6.07, 6.45) is 4.90. The highest BCUT2D eigenvalue weighted by atomic mass is 32.2. The molecular formula is C25H28N4O3S. The SMILES string of the molecule is CCCS(=O)(=O)c1cccc(CCc2nc(Nc3cccc4c3NC(=O)CC4)ncc2C)c1. The molecule has 0 unspecified atom stereocenters. The van der Waals surface area contributed by atoms with Crippen molar-refractivity contribution in [2.24, 2.45) is 0 Å². The molecule has 2 aromatic carbocycles. The minimum absolute atomic E-state index is 0.00504. The van der Waals surface area contributed by atoms with E-state index in [4.69, 9.17) is 4.98 Å². The zero-order valence-electron chi connectivity index (χ0n) is 18.9. The van der Waals surface area contributed by atoms with Crippen molar-refractivity contribution >= 4 is 33.1 Å². The van der Waals surface area contributed by atoms with Gasteiger partial charge in [0.25, 0.3) is 0 Å². The zero-order valence-corrected chi connectivity index (χ0v) is 19.7. The fourth-order valence-corrected chi connectivity index (χ4v) is 5.36. The summed E-state index contributed by atoms with van der Waals surface area (Å²) in [5, 5.41) is 6.19. The Kier molecular flexibility index (Phi) is 6.74. The minimum Gasteiger partial charge on any atom is -0.324 e. The smallest absolute Gasteiger partial charge is 0.227 e. The molecule has 0 bridgehead atoms. The number of hydrogen-bond acceptors (Lipinski definition) is 6. The number of hydrogen-bond donors (Lipinski definition) is 2. The number of amides is 1. The highest BCUT2D eigenvalue weighted by Crippen LogP contribution is 2.32. The number of rotatable bonds is 8. The molecule has 0 radical (unpaired) electrons. The molecule has 7 nitrogen and oxygen atoms in total. The molecule has 1 amide bonds. The van der Waals surface area contributed by atoms with Crippen LogP contribution in [0.5, 0.6) is 0 Å². The molecule has 8 heteroatoms. The molecule has 4 rings (SSSR count). The lowest BCUT2D eigenvalue weighted by Gasteiger charge is -2.20. The molecule has 0 saturated carbocycles. The van der Waals surface area contributed by atoms with Crippen molar-refractivity contribution in [3.63, 3.8) is 0 Å². The maximum absolute atomic E-state index is 12.4. The predicted molar refractivity (Wildman–Crippen MR) is 130 cm³/mol. The maximum atomic E-state index is 12.4. The standard InChI is InChI=1S/C25H28N4O3S/c1-3-14-33(31,32)20-8-4-6-18(15-20)10-12-21-17(2)16-26-25(27-21)28-22-9-5-7-19-11-13-23(30)29-24(19)22/h4-9,15-16H,3,10-14H2,1-2H3,(H,29,30)(H,26,27,28). The van der Waals surface area contributed by atoms with Gasteiger partial charge in [-0.3, -0.25) is 4.79 Å². The summed E-state index contributed by atoms with van der Waals surface area (Å²) >= 11 is 0. The van der Waals surface area contributed by atoms with E-state index >= 15 is 0 Å². The molecule has 0 saturated heterocycles. The zero-order chi connectivity index (χ0) is 23.4. The van der Waals surface area contributed by atoms with E-state index in [1.165, 1.54) is 0 Å². The number of benzene rings is 2. The van der Waals surface area contributed by atoms with Gasteiger partial charge in [0.05, 0.1) is 22.0 Å². The van der Waals surface area contributed by atoms with Gasteiger partial charge < -0.3 is 10.6 Å². The first-order valence-electron chi connectivity index (χ1n) is 11.2. The van der Waals surface area contributed by atoms with Gasteiger partial charge in [0.15, 0.2) is 9.84 Å². The second-order valence-electron chi connectivity index (χ2n) is 8.30. The van der Waals surface area contributed by atoms with Crippen LogP contribution in [-0.4, -0.2) is 30.0 Å². The maximum Gasteiger partial charge on any atom is 0.227 e. The number of nitrogens with one attached hydrogen (secondary N) is 2. The Bertz CT molecular complexity index is 1290. The third-order valence-electron chi connectivity index (χ3n) is 5.74. The third kappa shape index (κ3) is 5.39.